The Bertz CT molecular complexity index is 745. The van der Waals surface area contributed by atoms with Crippen LogP contribution < -0.4 is 15.4 Å². The second-order valence-corrected chi connectivity index (χ2v) is 7.16. The van der Waals surface area contributed by atoms with Crippen LogP contribution >= 0.6 is 12.4 Å². The second-order valence-electron chi connectivity index (χ2n) is 5.42. The molecule has 2 atom stereocenters. The van der Waals surface area contributed by atoms with Crippen molar-refractivity contribution in [3.63, 3.8) is 0 Å². The number of carbonyl (C=O) groups excluding carboxylic acids is 1. The standard InChI is InChI=1S/C14H20N4O6S.ClH/c1-10-13(15-8-9-24-10)14(19)16-6-7-17-25(22,23)12-5-3-2-4-11(12)18(20)21;/h2-5,10,13,15,17H,6-9H2,1H3,(H,16,19);1H/t10-,13+;/m1./s1. The van der Waals surface area contributed by atoms with Crippen molar-refractivity contribution in [3.8, 4) is 0 Å². The highest BCUT2D eigenvalue weighted by Gasteiger charge is 2.28. The minimum Gasteiger partial charge on any atom is -0.375 e. The van der Waals surface area contributed by atoms with Crippen LogP contribution in [0.4, 0.5) is 5.69 Å². The van der Waals surface area contributed by atoms with E-state index in [1.807, 2.05) is 0 Å². The summed E-state index contributed by atoms with van der Waals surface area (Å²) in [6.07, 6.45) is -0.280. The number of morpholine rings is 1. The molecule has 0 bridgehead atoms. The van der Waals surface area contributed by atoms with E-state index in [1.165, 1.54) is 12.1 Å². The van der Waals surface area contributed by atoms with Crippen molar-refractivity contribution in [1.82, 2.24) is 15.4 Å². The fourth-order valence-electron chi connectivity index (χ4n) is 2.42. The van der Waals surface area contributed by atoms with E-state index in [-0.39, 0.29) is 37.5 Å². The van der Waals surface area contributed by atoms with E-state index in [2.05, 4.69) is 15.4 Å². The van der Waals surface area contributed by atoms with Gasteiger partial charge in [0.05, 0.1) is 17.6 Å². The zero-order valence-corrected chi connectivity index (χ0v) is 15.6. The number of carbonyl (C=O) groups is 1. The van der Waals surface area contributed by atoms with Gasteiger partial charge in [0.25, 0.3) is 5.69 Å². The first kappa shape index (κ1) is 22.3. The van der Waals surface area contributed by atoms with Crippen LogP contribution in [0.5, 0.6) is 0 Å². The van der Waals surface area contributed by atoms with Crippen molar-refractivity contribution in [1.29, 1.82) is 0 Å². The van der Waals surface area contributed by atoms with Gasteiger partial charge in [0, 0.05) is 25.7 Å². The summed E-state index contributed by atoms with van der Waals surface area (Å²) in [5.41, 5.74) is -0.503. The van der Waals surface area contributed by atoms with Gasteiger partial charge in [0.2, 0.25) is 15.9 Å². The van der Waals surface area contributed by atoms with Crippen molar-refractivity contribution in [2.45, 2.75) is 24.0 Å². The molecule has 1 aromatic carbocycles. The Kier molecular flexibility index (Phi) is 8.37. The first-order valence-electron chi connectivity index (χ1n) is 7.68. The van der Waals surface area contributed by atoms with E-state index in [1.54, 1.807) is 6.92 Å². The van der Waals surface area contributed by atoms with E-state index < -0.39 is 31.6 Å². The zero-order valence-electron chi connectivity index (χ0n) is 14.0. The highest BCUT2D eigenvalue weighted by Crippen LogP contribution is 2.22. The lowest BCUT2D eigenvalue weighted by Gasteiger charge is -2.29. The van der Waals surface area contributed by atoms with Crippen LogP contribution in [0.1, 0.15) is 6.92 Å². The van der Waals surface area contributed by atoms with Crippen molar-refractivity contribution in [3.05, 3.63) is 34.4 Å². The minimum absolute atomic E-state index is 0. The maximum atomic E-state index is 12.2. The van der Waals surface area contributed by atoms with Gasteiger partial charge < -0.3 is 15.4 Å². The summed E-state index contributed by atoms with van der Waals surface area (Å²) in [6.45, 7) is 2.81. The highest BCUT2D eigenvalue weighted by atomic mass is 35.5. The number of nitro groups is 1. The molecule has 12 heteroatoms. The van der Waals surface area contributed by atoms with Gasteiger partial charge in [0.15, 0.2) is 4.90 Å². The summed E-state index contributed by atoms with van der Waals surface area (Å²) in [5, 5.41) is 16.6. The Morgan fingerprint density at radius 2 is 2.08 bits per heavy atom. The molecule has 0 radical (unpaired) electrons. The van der Waals surface area contributed by atoms with Gasteiger partial charge in [-0.3, -0.25) is 14.9 Å². The summed E-state index contributed by atoms with van der Waals surface area (Å²) < 4.78 is 32.0. The summed E-state index contributed by atoms with van der Waals surface area (Å²) in [4.78, 5) is 21.8. The number of hydrogen-bond donors (Lipinski definition) is 3. The number of para-hydroxylation sites is 1. The first-order valence-corrected chi connectivity index (χ1v) is 9.17. The fraction of sp³-hybridized carbons (Fsp3) is 0.500. The fourth-order valence-corrected chi connectivity index (χ4v) is 3.62. The van der Waals surface area contributed by atoms with Crippen molar-refractivity contribution in [2.75, 3.05) is 26.2 Å². The van der Waals surface area contributed by atoms with E-state index in [0.717, 1.165) is 12.1 Å². The van der Waals surface area contributed by atoms with Gasteiger partial charge >= 0.3 is 0 Å². The average molecular weight is 409 g/mol. The third-order valence-electron chi connectivity index (χ3n) is 3.67. The van der Waals surface area contributed by atoms with Crippen LogP contribution in [0.2, 0.25) is 0 Å². The largest absolute Gasteiger partial charge is 0.375 e. The van der Waals surface area contributed by atoms with Crippen LogP contribution in [0.3, 0.4) is 0 Å². The third kappa shape index (κ3) is 5.61. The molecule has 0 saturated carbocycles. The van der Waals surface area contributed by atoms with Gasteiger partial charge in [-0.1, -0.05) is 12.1 Å². The lowest BCUT2D eigenvalue weighted by Crippen LogP contribution is -2.56. The number of sulfonamides is 1. The molecule has 26 heavy (non-hydrogen) atoms. The minimum atomic E-state index is -4.05. The molecule has 1 aliphatic rings. The molecule has 1 fully saturated rings. The van der Waals surface area contributed by atoms with Gasteiger partial charge in [-0.2, -0.15) is 0 Å². The first-order chi connectivity index (χ1) is 11.8. The monoisotopic (exact) mass is 408 g/mol. The molecule has 0 aromatic heterocycles. The zero-order chi connectivity index (χ0) is 18.4. The molecule has 1 amide bonds. The van der Waals surface area contributed by atoms with Gasteiger partial charge in [0.1, 0.15) is 6.04 Å². The number of nitro benzene ring substituents is 1. The molecular formula is C14H21ClN4O6S. The maximum Gasteiger partial charge on any atom is 0.289 e. The van der Waals surface area contributed by atoms with E-state index >= 15 is 0 Å². The number of halogens is 1. The Morgan fingerprint density at radius 3 is 2.73 bits per heavy atom. The molecule has 0 spiro atoms. The van der Waals surface area contributed by atoms with Gasteiger partial charge in [-0.15, -0.1) is 12.4 Å². The Morgan fingerprint density at radius 1 is 1.38 bits per heavy atom. The van der Waals surface area contributed by atoms with Crippen LogP contribution in [-0.2, 0) is 19.6 Å². The molecule has 1 saturated heterocycles. The maximum absolute atomic E-state index is 12.2. The molecule has 2 rings (SSSR count). The lowest BCUT2D eigenvalue weighted by atomic mass is 10.1. The SMILES string of the molecule is C[C@H]1OCCN[C@@H]1C(=O)NCCNS(=O)(=O)c1ccccc1[N+](=O)[O-].Cl. The molecule has 10 nitrogen and oxygen atoms in total. The molecule has 0 aliphatic carbocycles. The normalized spacial score (nSPS) is 20.0. The number of hydrogen-bond acceptors (Lipinski definition) is 7. The highest BCUT2D eigenvalue weighted by molar-refractivity contribution is 7.89. The molecule has 1 aromatic rings. The van der Waals surface area contributed by atoms with E-state index in [4.69, 9.17) is 4.74 Å². The van der Waals surface area contributed by atoms with Gasteiger partial charge in [-0.05, 0) is 13.0 Å². The van der Waals surface area contributed by atoms with Gasteiger partial charge in [-0.25, -0.2) is 13.1 Å². The average Bonchev–Trinajstić information content (AvgIpc) is 2.59. The Balaban J connectivity index is 0.00000338. The van der Waals surface area contributed by atoms with Crippen molar-refractivity contribution >= 4 is 34.0 Å². The number of amides is 1. The number of nitrogens with one attached hydrogen (secondary N) is 3. The molecule has 3 N–H and O–H groups in total. The summed E-state index contributed by atoms with van der Waals surface area (Å²) >= 11 is 0. The topological polar surface area (TPSA) is 140 Å². The summed E-state index contributed by atoms with van der Waals surface area (Å²) in [7, 11) is -4.05. The predicted octanol–water partition coefficient (Wildman–Crippen LogP) is -0.212. The third-order valence-corrected chi connectivity index (χ3v) is 5.18. The van der Waals surface area contributed by atoms with Crippen LogP contribution in [-0.4, -0.2) is 57.6 Å². The number of benzene rings is 1. The number of rotatable bonds is 7. The van der Waals surface area contributed by atoms with Crippen LogP contribution in [0.15, 0.2) is 29.2 Å². The number of ether oxygens (including phenoxy) is 1. The number of nitrogens with zero attached hydrogens (tertiary/aromatic N) is 1. The van der Waals surface area contributed by atoms with Crippen molar-refractivity contribution in [2.24, 2.45) is 0 Å². The lowest BCUT2D eigenvalue weighted by molar-refractivity contribution is -0.387. The molecule has 146 valence electrons. The molecular weight excluding hydrogens is 388 g/mol. The quantitative estimate of drug-likeness (QED) is 0.322. The van der Waals surface area contributed by atoms with E-state index in [0.29, 0.717) is 13.2 Å². The molecule has 1 heterocycles. The molecule has 0 unspecified atom stereocenters. The Hall–Kier alpha value is -1.79. The van der Waals surface area contributed by atoms with Crippen molar-refractivity contribution < 1.29 is 22.9 Å². The molecule has 1 aliphatic heterocycles. The van der Waals surface area contributed by atoms with Crippen LogP contribution in [0, 0.1) is 10.1 Å². The van der Waals surface area contributed by atoms with E-state index in [9.17, 15) is 23.3 Å². The summed E-state index contributed by atoms with van der Waals surface area (Å²) in [5.74, 6) is -0.294. The smallest absolute Gasteiger partial charge is 0.289 e. The summed E-state index contributed by atoms with van der Waals surface area (Å²) in [6, 6.07) is 4.56. The Labute approximate surface area is 157 Å². The predicted molar refractivity (Wildman–Crippen MR) is 95.7 cm³/mol. The van der Waals surface area contributed by atoms with Crippen LogP contribution in [0.25, 0.3) is 0 Å². The second kappa shape index (κ2) is 9.78.